The highest BCUT2D eigenvalue weighted by atomic mass is 16.5. The third-order valence-corrected chi connectivity index (χ3v) is 7.75. The summed E-state index contributed by atoms with van der Waals surface area (Å²) in [6, 6.07) is 0. The molecule has 6 atom stereocenters. The molecule has 0 aromatic rings. The van der Waals surface area contributed by atoms with Gasteiger partial charge < -0.3 is 14.2 Å². The Morgan fingerprint density at radius 1 is 1.15 bits per heavy atom. The quantitative estimate of drug-likeness (QED) is 0.691. The van der Waals surface area contributed by atoms with Crippen molar-refractivity contribution in [3.63, 3.8) is 0 Å². The van der Waals surface area contributed by atoms with Crippen LogP contribution in [0.2, 0.25) is 0 Å². The summed E-state index contributed by atoms with van der Waals surface area (Å²) < 4.78 is 16.6. The Kier molecular flexibility index (Phi) is 3.85. The Balaban J connectivity index is 1.96. The number of carbonyl (C=O) groups is 3. The van der Waals surface area contributed by atoms with E-state index in [2.05, 4.69) is 0 Å². The molecule has 4 rings (SSSR count). The van der Waals surface area contributed by atoms with Gasteiger partial charge in [0, 0.05) is 22.7 Å². The van der Waals surface area contributed by atoms with Crippen molar-refractivity contribution in [2.45, 2.75) is 46.1 Å². The van der Waals surface area contributed by atoms with Crippen LogP contribution < -0.4 is 0 Å². The Labute approximate surface area is 158 Å². The second-order valence-corrected chi connectivity index (χ2v) is 8.67. The lowest BCUT2D eigenvalue weighted by Gasteiger charge is -2.63. The maximum Gasteiger partial charge on any atom is 0.306 e. The number of ketones is 2. The minimum Gasteiger partial charge on any atom is -0.493 e. The second-order valence-electron chi connectivity index (χ2n) is 8.67. The molecule has 0 spiro atoms. The lowest BCUT2D eigenvalue weighted by atomic mass is 9.41. The van der Waals surface area contributed by atoms with Gasteiger partial charge in [0.2, 0.25) is 11.6 Å². The molecule has 146 valence electrons. The predicted molar refractivity (Wildman–Crippen MR) is 95.2 cm³/mol. The van der Waals surface area contributed by atoms with Crippen molar-refractivity contribution in [1.82, 2.24) is 0 Å². The molecule has 4 aliphatic rings. The lowest BCUT2D eigenvalue weighted by molar-refractivity contribution is -0.214. The second kappa shape index (κ2) is 5.69. The number of rotatable bonds is 2. The van der Waals surface area contributed by atoms with E-state index in [4.69, 9.17) is 14.2 Å². The van der Waals surface area contributed by atoms with Gasteiger partial charge in [-0.3, -0.25) is 14.4 Å². The number of ether oxygens (including phenoxy) is 3. The van der Waals surface area contributed by atoms with E-state index in [0.29, 0.717) is 24.4 Å². The highest BCUT2D eigenvalue weighted by Gasteiger charge is 2.71. The number of methoxy groups -OCH3 is 2. The van der Waals surface area contributed by atoms with Gasteiger partial charge in [-0.2, -0.15) is 0 Å². The number of fused-ring (bicyclic) bond motifs is 2. The molecule has 0 aromatic carbocycles. The first kappa shape index (κ1) is 18.3. The monoisotopic (exact) mass is 374 g/mol. The Morgan fingerprint density at radius 3 is 2.48 bits per heavy atom. The van der Waals surface area contributed by atoms with Crippen LogP contribution in [0.4, 0.5) is 0 Å². The van der Waals surface area contributed by atoms with Gasteiger partial charge in [0.1, 0.15) is 6.10 Å². The standard InChI is InChI=1S/C21H26O6/c1-10-12-9-15(22)27-14-8-11-6-7-13(25-4)19(24)20(11,2)18(21(12,14)3)16(23)17(10)26-5/h7,11-12,14,18H,6,8-9H2,1-5H3. The molecule has 2 fully saturated rings. The summed E-state index contributed by atoms with van der Waals surface area (Å²) >= 11 is 0. The summed E-state index contributed by atoms with van der Waals surface area (Å²) in [5.41, 5.74) is -0.751. The first-order valence-electron chi connectivity index (χ1n) is 9.48. The van der Waals surface area contributed by atoms with E-state index in [1.807, 2.05) is 20.8 Å². The van der Waals surface area contributed by atoms with Crippen LogP contribution >= 0.6 is 0 Å². The number of hydrogen-bond donors (Lipinski definition) is 0. The molecule has 1 saturated carbocycles. The fraction of sp³-hybridized carbons (Fsp3) is 0.667. The number of allylic oxidation sites excluding steroid dienone is 4. The normalized spacial score (nSPS) is 43.4. The first-order valence-corrected chi connectivity index (χ1v) is 9.48. The van der Waals surface area contributed by atoms with Crippen LogP contribution in [-0.4, -0.2) is 37.9 Å². The molecule has 0 aromatic heterocycles. The van der Waals surface area contributed by atoms with Gasteiger partial charge >= 0.3 is 5.97 Å². The summed E-state index contributed by atoms with van der Waals surface area (Å²) in [5, 5.41) is 0. The molecule has 1 heterocycles. The minimum atomic E-state index is -0.908. The lowest BCUT2D eigenvalue weighted by Crippen LogP contribution is -2.68. The molecular weight excluding hydrogens is 348 g/mol. The topological polar surface area (TPSA) is 78.9 Å². The van der Waals surface area contributed by atoms with Crippen molar-refractivity contribution < 1.29 is 28.6 Å². The van der Waals surface area contributed by atoms with Crippen molar-refractivity contribution in [3.8, 4) is 0 Å². The molecular formula is C21H26O6. The van der Waals surface area contributed by atoms with Gasteiger partial charge in [-0.25, -0.2) is 0 Å². The van der Waals surface area contributed by atoms with Gasteiger partial charge in [0.15, 0.2) is 11.5 Å². The van der Waals surface area contributed by atoms with E-state index in [0.717, 1.165) is 5.57 Å². The third-order valence-electron chi connectivity index (χ3n) is 7.75. The number of Topliss-reactive ketones (excluding diaryl/α,β-unsaturated/α-hetero) is 2. The summed E-state index contributed by atoms with van der Waals surface area (Å²) in [6.45, 7) is 5.75. The molecule has 27 heavy (non-hydrogen) atoms. The van der Waals surface area contributed by atoms with Gasteiger partial charge in [0.25, 0.3) is 0 Å². The highest BCUT2D eigenvalue weighted by molar-refractivity contribution is 6.07. The number of carbonyl (C=O) groups excluding carboxylic acids is 3. The van der Waals surface area contributed by atoms with Crippen molar-refractivity contribution in [1.29, 1.82) is 0 Å². The molecule has 0 bridgehead atoms. The molecule has 0 radical (unpaired) electrons. The molecule has 0 amide bonds. The fourth-order valence-electron chi connectivity index (χ4n) is 6.38. The van der Waals surface area contributed by atoms with Crippen molar-refractivity contribution >= 4 is 17.5 Å². The average Bonchev–Trinajstić information content (AvgIpc) is 2.61. The smallest absolute Gasteiger partial charge is 0.306 e. The van der Waals surface area contributed by atoms with E-state index < -0.39 is 16.7 Å². The SMILES string of the molecule is COC1=CCC2CC3OC(=O)CC4C(C)=C(OC)C(=O)C(C2(C)C1=O)C34C. The van der Waals surface area contributed by atoms with Gasteiger partial charge in [-0.15, -0.1) is 0 Å². The van der Waals surface area contributed by atoms with Gasteiger partial charge in [0.05, 0.1) is 20.6 Å². The van der Waals surface area contributed by atoms with E-state index >= 15 is 0 Å². The Morgan fingerprint density at radius 2 is 1.85 bits per heavy atom. The van der Waals surface area contributed by atoms with Crippen LogP contribution in [0.5, 0.6) is 0 Å². The maximum atomic E-state index is 13.6. The number of hydrogen-bond acceptors (Lipinski definition) is 6. The van der Waals surface area contributed by atoms with E-state index in [9.17, 15) is 14.4 Å². The highest BCUT2D eigenvalue weighted by Crippen LogP contribution is 2.66. The molecule has 6 nitrogen and oxygen atoms in total. The molecule has 0 N–H and O–H groups in total. The maximum absolute atomic E-state index is 13.6. The van der Waals surface area contributed by atoms with E-state index in [-0.39, 0.29) is 41.9 Å². The summed E-state index contributed by atoms with van der Waals surface area (Å²) in [4.78, 5) is 39.3. The van der Waals surface area contributed by atoms with Crippen molar-refractivity contribution in [2.75, 3.05) is 14.2 Å². The fourth-order valence-corrected chi connectivity index (χ4v) is 6.38. The van der Waals surface area contributed by atoms with Crippen molar-refractivity contribution in [3.05, 3.63) is 23.2 Å². The number of esters is 1. The van der Waals surface area contributed by atoms with Crippen molar-refractivity contribution in [2.24, 2.45) is 28.6 Å². The zero-order valence-corrected chi connectivity index (χ0v) is 16.5. The van der Waals surface area contributed by atoms with Crippen LogP contribution in [0, 0.1) is 28.6 Å². The summed E-state index contributed by atoms with van der Waals surface area (Å²) in [7, 11) is 2.96. The predicted octanol–water partition coefficient (Wildman–Crippen LogP) is 2.57. The van der Waals surface area contributed by atoms with Crippen LogP contribution in [0.3, 0.4) is 0 Å². The molecule has 1 saturated heterocycles. The zero-order chi connectivity index (χ0) is 19.7. The molecule has 6 unspecified atom stereocenters. The van der Waals surface area contributed by atoms with Crippen LogP contribution in [0.1, 0.15) is 40.0 Å². The third kappa shape index (κ3) is 2.04. The Bertz CT molecular complexity index is 807. The minimum absolute atomic E-state index is 0.0843. The molecule has 1 aliphatic heterocycles. The van der Waals surface area contributed by atoms with Gasteiger partial charge in [-0.1, -0.05) is 13.8 Å². The van der Waals surface area contributed by atoms with E-state index in [1.165, 1.54) is 14.2 Å². The average molecular weight is 374 g/mol. The van der Waals surface area contributed by atoms with E-state index in [1.54, 1.807) is 6.08 Å². The zero-order valence-electron chi connectivity index (χ0n) is 16.5. The largest absolute Gasteiger partial charge is 0.493 e. The summed E-state index contributed by atoms with van der Waals surface area (Å²) in [5.74, 6) is -0.805. The molecule has 3 aliphatic carbocycles. The van der Waals surface area contributed by atoms with Gasteiger partial charge in [-0.05, 0) is 37.3 Å². The van der Waals surface area contributed by atoms with Crippen LogP contribution in [0.25, 0.3) is 0 Å². The first-order chi connectivity index (χ1) is 12.7. The Hall–Kier alpha value is -2.11. The van der Waals surface area contributed by atoms with Crippen LogP contribution in [-0.2, 0) is 28.6 Å². The molecule has 6 heteroatoms. The summed E-state index contributed by atoms with van der Waals surface area (Å²) in [6.07, 6.45) is 2.82. The van der Waals surface area contributed by atoms with Crippen LogP contribution in [0.15, 0.2) is 23.2 Å².